The van der Waals surface area contributed by atoms with Crippen LogP contribution in [0.15, 0.2) is 41.0 Å². The van der Waals surface area contributed by atoms with Crippen LogP contribution in [0.3, 0.4) is 0 Å². The van der Waals surface area contributed by atoms with Crippen molar-refractivity contribution in [1.82, 2.24) is 5.32 Å². The Balaban J connectivity index is 1.94. The third kappa shape index (κ3) is 3.34. The number of benzene rings is 1. The third-order valence-electron chi connectivity index (χ3n) is 2.73. The van der Waals surface area contributed by atoms with Gasteiger partial charge >= 0.3 is 0 Å². The summed E-state index contributed by atoms with van der Waals surface area (Å²) in [6.07, 6.45) is 1.50. The molecule has 0 aliphatic carbocycles. The van der Waals surface area contributed by atoms with Crippen molar-refractivity contribution < 1.29 is 18.0 Å². The Morgan fingerprint density at radius 2 is 1.95 bits per heavy atom. The highest BCUT2D eigenvalue weighted by Crippen LogP contribution is 2.18. The van der Waals surface area contributed by atoms with Crippen molar-refractivity contribution in [3.05, 3.63) is 54.0 Å². The second kappa shape index (κ2) is 6.18. The summed E-state index contributed by atoms with van der Waals surface area (Å²) in [7, 11) is 0. The molecule has 1 aromatic heterocycles. The number of furan rings is 1. The lowest BCUT2D eigenvalue weighted by Gasteiger charge is -2.15. The highest BCUT2D eigenvalue weighted by Gasteiger charge is 2.16. The Bertz CT molecular complexity index is 565. The zero-order chi connectivity index (χ0) is 14.5. The fourth-order valence-electron chi connectivity index (χ4n) is 1.66. The van der Waals surface area contributed by atoms with E-state index >= 15 is 0 Å². The van der Waals surface area contributed by atoms with Crippen LogP contribution in [-0.4, -0.2) is 11.9 Å². The number of rotatable bonds is 5. The molecule has 4 nitrogen and oxygen atoms in total. The van der Waals surface area contributed by atoms with Crippen LogP contribution in [-0.2, 0) is 11.3 Å². The number of hydrogen-bond donors (Lipinski definition) is 2. The molecular weight excluding hydrogens is 266 g/mol. The van der Waals surface area contributed by atoms with E-state index < -0.39 is 17.7 Å². The van der Waals surface area contributed by atoms with Crippen molar-refractivity contribution in [1.29, 1.82) is 0 Å². The lowest BCUT2D eigenvalue weighted by molar-refractivity contribution is -0.121. The van der Waals surface area contributed by atoms with E-state index in [-0.39, 0.29) is 18.1 Å². The molecule has 0 aliphatic rings. The highest BCUT2D eigenvalue weighted by molar-refractivity contribution is 5.84. The standard InChI is InChI=1S/C14H14F2N2O2/c1-9(14(19)17-8-10-4-3-7-20-10)18-13-11(15)5-2-6-12(13)16/h2-7,9,18H,8H2,1H3,(H,17,19). The first-order valence-corrected chi connectivity index (χ1v) is 6.08. The molecule has 1 aromatic carbocycles. The fourth-order valence-corrected chi connectivity index (χ4v) is 1.66. The fraction of sp³-hybridized carbons (Fsp3) is 0.214. The number of halogens is 2. The Morgan fingerprint density at radius 1 is 1.25 bits per heavy atom. The molecular formula is C14H14F2N2O2. The average Bonchev–Trinajstić information content (AvgIpc) is 2.93. The number of para-hydroxylation sites is 1. The lowest BCUT2D eigenvalue weighted by atomic mass is 10.2. The van der Waals surface area contributed by atoms with Gasteiger partial charge < -0.3 is 15.1 Å². The van der Waals surface area contributed by atoms with Crippen LogP contribution in [0, 0.1) is 11.6 Å². The molecule has 1 heterocycles. The Labute approximate surface area is 114 Å². The number of nitrogens with one attached hydrogen (secondary N) is 2. The summed E-state index contributed by atoms with van der Waals surface area (Å²) >= 11 is 0. The summed E-state index contributed by atoms with van der Waals surface area (Å²) in [5.41, 5.74) is -0.312. The zero-order valence-electron chi connectivity index (χ0n) is 10.8. The Hall–Kier alpha value is -2.37. The lowest BCUT2D eigenvalue weighted by Crippen LogP contribution is -2.37. The van der Waals surface area contributed by atoms with Crippen molar-refractivity contribution in [2.24, 2.45) is 0 Å². The van der Waals surface area contributed by atoms with Gasteiger partial charge in [0.15, 0.2) is 0 Å². The van der Waals surface area contributed by atoms with Crippen LogP contribution >= 0.6 is 0 Å². The average molecular weight is 280 g/mol. The minimum absolute atomic E-state index is 0.220. The Morgan fingerprint density at radius 3 is 2.55 bits per heavy atom. The van der Waals surface area contributed by atoms with Crippen LogP contribution in [0.4, 0.5) is 14.5 Å². The molecule has 0 radical (unpaired) electrons. The van der Waals surface area contributed by atoms with Gasteiger partial charge in [-0.3, -0.25) is 4.79 Å². The molecule has 0 aliphatic heterocycles. The smallest absolute Gasteiger partial charge is 0.242 e. The minimum atomic E-state index is -0.781. The first kappa shape index (κ1) is 14.0. The second-order valence-electron chi connectivity index (χ2n) is 4.26. The normalized spacial score (nSPS) is 11.9. The molecule has 0 spiro atoms. The van der Waals surface area contributed by atoms with Gasteiger partial charge in [-0.25, -0.2) is 8.78 Å². The summed E-state index contributed by atoms with van der Waals surface area (Å²) in [6.45, 7) is 1.74. The number of hydrogen-bond acceptors (Lipinski definition) is 3. The summed E-state index contributed by atoms with van der Waals surface area (Å²) in [5.74, 6) is -1.27. The van der Waals surface area contributed by atoms with Crippen LogP contribution in [0.5, 0.6) is 0 Å². The van der Waals surface area contributed by atoms with Gasteiger partial charge in [-0.05, 0) is 31.2 Å². The number of carbonyl (C=O) groups excluding carboxylic acids is 1. The summed E-state index contributed by atoms with van der Waals surface area (Å²) < 4.78 is 31.9. The molecule has 0 fully saturated rings. The topological polar surface area (TPSA) is 54.3 Å². The van der Waals surface area contributed by atoms with Crippen molar-refractivity contribution in [2.75, 3.05) is 5.32 Å². The molecule has 2 aromatic rings. The molecule has 20 heavy (non-hydrogen) atoms. The van der Waals surface area contributed by atoms with Gasteiger partial charge in [0.25, 0.3) is 0 Å². The van der Waals surface area contributed by atoms with E-state index in [0.29, 0.717) is 5.76 Å². The van der Waals surface area contributed by atoms with Gasteiger partial charge in [0.05, 0.1) is 12.8 Å². The van der Waals surface area contributed by atoms with Crippen LogP contribution < -0.4 is 10.6 Å². The van der Waals surface area contributed by atoms with Gasteiger partial charge in [0, 0.05) is 0 Å². The molecule has 2 rings (SSSR count). The maximum Gasteiger partial charge on any atom is 0.242 e. The molecule has 2 N–H and O–H groups in total. The molecule has 1 unspecified atom stereocenters. The van der Waals surface area contributed by atoms with Crippen LogP contribution in [0.25, 0.3) is 0 Å². The molecule has 106 valence electrons. The van der Waals surface area contributed by atoms with E-state index in [1.165, 1.54) is 19.3 Å². The monoisotopic (exact) mass is 280 g/mol. The van der Waals surface area contributed by atoms with E-state index in [4.69, 9.17) is 4.42 Å². The van der Waals surface area contributed by atoms with Gasteiger partial charge in [0.1, 0.15) is 29.1 Å². The predicted octanol–water partition coefficient (Wildman–Crippen LogP) is 2.67. The maximum atomic E-state index is 13.4. The molecule has 0 bridgehead atoms. The van der Waals surface area contributed by atoms with E-state index in [0.717, 1.165) is 12.1 Å². The highest BCUT2D eigenvalue weighted by atomic mass is 19.1. The number of anilines is 1. The summed E-state index contributed by atoms with van der Waals surface area (Å²) in [4.78, 5) is 11.8. The maximum absolute atomic E-state index is 13.4. The third-order valence-corrected chi connectivity index (χ3v) is 2.73. The first-order chi connectivity index (χ1) is 9.58. The van der Waals surface area contributed by atoms with E-state index in [1.54, 1.807) is 12.1 Å². The van der Waals surface area contributed by atoms with E-state index in [9.17, 15) is 13.6 Å². The zero-order valence-corrected chi connectivity index (χ0v) is 10.8. The van der Waals surface area contributed by atoms with Gasteiger partial charge in [-0.1, -0.05) is 6.07 Å². The number of amides is 1. The second-order valence-corrected chi connectivity index (χ2v) is 4.26. The number of carbonyl (C=O) groups is 1. The molecule has 1 amide bonds. The van der Waals surface area contributed by atoms with E-state index in [2.05, 4.69) is 10.6 Å². The molecule has 6 heteroatoms. The quantitative estimate of drug-likeness (QED) is 0.885. The summed E-state index contributed by atoms with van der Waals surface area (Å²) in [5, 5.41) is 5.12. The Kier molecular flexibility index (Phi) is 4.34. The molecule has 0 saturated carbocycles. The largest absolute Gasteiger partial charge is 0.467 e. The SMILES string of the molecule is CC(Nc1c(F)cccc1F)C(=O)NCc1ccco1. The predicted molar refractivity (Wildman–Crippen MR) is 70.0 cm³/mol. The van der Waals surface area contributed by atoms with Gasteiger partial charge in [0.2, 0.25) is 5.91 Å². The summed E-state index contributed by atoms with van der Waals surface area (Å²) in [6, 6.07) is 6.15. The van der Waals surface area contributed by atoms with Crippen molar-refractivity contribution in [3.8, 4) is 0 Å². The van der Waals surface area contributed by atoms with Crippen molar-refractivity contribution >= 4 is 11.6 Å². The van der Waals surface area contributed by atoms with Crippen LogP contribution in [0.1, 0.15) is 12.7 Å². The van der Waals surface area contributed by atoms with Crippen molar-refractivity contribution in [2.45, 2.75) is 19.5 Å². The van der Waals surface area contributed by atoms with Gasteiger partial charge in [-0.2, -0.15) is 0 Å². The van der Waals surface area contributed by atoms with Crippen molar-refractivity contribution in [3.63, 3.8) is 0 Å². The molecule has 0 saturated heterocycles. The molecule has 1 atom stereocenters. The van der Waals surface area contributed by atoms with E-state index in [1.807, 2.05) is 0 Å². The minimum Gasteiger partial charge on any atom is -0.467 e. The first-order valence-electron chi connectivity index (χ1n) is 6.08. The van der Waals surface area contributed by atoms with Crippen LogP contribution in [0.2, 0.25) is 0 Å². The van der Waals surface area contributed by atoms with Gasteiger partial charge in [-0.15, -0.1) is 0 Å².